The van der Waals surface area contributed by atoms with Gasteiger partial charge in [-0.3, -0.25) is 0 Å². The van der Waals surface area contributed by atoms with Gasteiger partial charge in [0.1, 0.15) is 5.82 Å². The summed E-state index contributed by atoms with van der Waals surface area (Å²) in [5, 5.41) is 8.96. The molecule has 2 heterocycles. The van der Waals surface area contributed by atoms with E-state index in [2.05, 4.69) is 21.9 Å². The molecule has 0 aliphatic heterocycles. The number of hydrogen-bond donors (Lipinski definition) is 0. The van der Waals surface area contributed by atoms with Crippen molar-refractivity contribution in [3.05, 3.63) is 94.7 Å². The quantitative estimate of drug-likeness (QED) is 0.333. The van der Waals surface area contributed by atoms with Gasteiger partial charge in [0.05, 0.1) is 23.6 Å². The van der Waals surface area contributed by atoms with Crippen molar-refractivity contribution in [1.29, 1.82) is 0 Å². The Kier molecular flexibility index (Phi) is 5.19. The van der Waals surface area contributed by atoms with Gasteiger partial charge >= 0.3 is 0 Å². The van der Waals surface area contributed by atoms with Gasteiger partial charge in [0.2, 0.25) is 17.4 Å². The van der Waals surface area contributed by atoms with Gasteiger partial charge in [-0.25, -0.2) is 13.9 Å². The normalized spacial score (nSPS) is 22.7. The van der Waals surface area contributed by atoms with E-state index in [4.69, 9.17) is 16.2 Å². The van der Waals surface area contributed by atoms with Crippen LogP contribution in [0.2, 0.25) is 0 Å². The first-order valence-corrected chi connectivity index (χ1v) is 12.2. The molecule has 7 nitrogen and oxygen atoms in total. The van der Waals surface area contributed by atoms with Crippen LogP contribution in [0.4, 0.5) is 4.39 Å². The fourth-order valence-corrected chi connectivity index (χ4v) is 6.04. The van der Waals surface area contributed by atoms with Gasteiger partial charge in [-0.2, -0.15) is 10.1 Å². The molecule has 0 N–H and O–H groups in total. The van der Waals surface area contributed by atoms with E-state index in [1.807, 2.05) is 41.9 Å². The lowest BCUT2D eigenvalue weighted by Gasteiger charge is -2.45. The molecule has 37 heavy (non-hydrogen) atoms. The van der Waals surface area contributed by atoms with E-state index in [0.29, 0.717) is 29.4 Å². The standard InChI is InChI=1S/C29H24FN5O2/c1-16-22-14-13-21-25(20-7-5-6-8-23(20)30)33-35(27(21)29(22,3)15-24(31-4)26(16)36)19-11-9-18(10-12-19)28-32-17(2)37-34-28/h5-12,15-16,22H,13-14H2,1-3H3/t16-,22-,29-/m1/s1. The minimum absolute atomic E-state index is 0.00324. The number of carbonyl (C=O) groups excluding carboxylic acids is 1. The predicted octanol–water partition coefficient (Wildman–Crippen LogP) is 5.88. The van der Waals surface area contributed by atoms with Crippen LogP contribution in [-0.4, -0.2) is 25.7 Å². The van der Waals surface area contributed by atoms with Crippen LogP contribution in [0.15, 0.2) is 64.8 Å². The van der Waals surface area contributed by atoms with Gasteiger partial charge in [0, 0.05) is 34.9 Å². The molecule has 2 aliphatic rings. The van der Waals surface area contributed by atoms with Gasteiger partial charge in [-0.05, 0) is 55.2 Å². The van der Waals surface area contributed by atoms with Gasteiger partial charge < -0.3 is 9.32 Å². The molecule has 6 rings (SSSR count). The number of nitrogens with zero attached hydrogens (tertiary/aromatic N) is 5. The molecule has 0 spiro atoms. The van der Waals surface area contributed by atoms with Crippen molar-refractivity contribution >= 4 is 5.78 Å². The summed E-state index contributed by atoms with van der Waals surface area (Å²) in [7, 11) is 0. The number of benzene rings is 2. The zero-order valence-electron chi connectivity index (χ0n) is 20.7. The molecule has 0 saturated heterocycles. The molecule has 0 saturated carbocycles. The summed E-state index contributed by atoms with van der Waals surface area (Å²) in [6, 6.07) is 14.3. The van der Waals surface area contributed by atoms with E-state index < -0.39 is 5.41 Å². The molecule has 2 aromatic carbocycles. The third-order valence-electron chi connectivity index (χ3n) is 7.82. The van der Waals surface area contributed by atoms with E-state index in [0.717, 1.165) is 28.9 Å². The third kappa shape index (κ3) is 3.45. The van der Waals surface area contributed by atoms with Crippen LogP contribution >= 0.6 is 0 Å². The molecule has 0 bridgehead atoms. The zero-order valence-corrected chi connectivity index (χ0v) is 20.7. The Bertz CT molecular complexity index is 1620. The van der Waals surface area contributed by atoms with Crippen molar-refractivity contribution < 1.29 is 13.7 Å². The van der Waals surface area contributed by atoms with Crippen molar-refractivity contribution in [2.24, 2.45) is 11.8 Å². The molecule has 8 heteroatoms. The van der Waals surface area contributed by atoms with Crippen LogP contribution in [0.3, 0.4) is 0 Å². The number of aryl methyl sites for hydroxylation is 1. The second-order valence-electron chi connectivity index (χ2n) is 9.97. The van der Waals surface area contributed by atoms with E-state index in [9.17, 15) is 9.18 Å². The summed E-state index contributed by atoms with van der Waals surface area (Å²) in [4.78, 5) is 20.8. The first-order chi connectivity index (χ1) is 17.8. The lowest BCUT2D eigenvalue weighted by molar-refractivity contribution is -0.121. The number of carbonyl (C=O) groups is 1. The highest BCUT2D eigenvalue weighted by Gasteiger charge is 2.50. The zero-order chi connectivity index (χ0) is 25.9. The number of allylic oxidation sites excluding steroid dienone is 2. The molecule has 184 valence electrons. The van der Waals surface area contributed by atoms with Crippen LogP contribution in [0.5, 0.6) is 0 Å². The number of hydrogen-bond acceptors (Lipinski definition) is 5. The molecule has 3 atom stereocenters. The van der Waals surface area contributed by atoms with Crippen LogP contribution in [0.25, 0.3) is 33.2 Å². The number of rotatable bonds is 3. The van der Waals surface area contributed by atoms with Gasteiger partial charge in [-0.15, -0.1) is 0 Å². The largest absolute Gasteiger partial charge is 0.339 e. The van der Waals surface area contributed by atoms with Crippen molar-refractivity contribution in [1.82, 2.24) is 19.9 Å². The summed E-state index contributed by atoms with van der Waals surface area (Å²) < 4.78 is 22.0. The van der Waals surface area contributed by atoms with Crippen LogP contribution in [-0.2, 0) is 16.6 Å². The number of halogens is 1. The van der Waals surface area contributed by atoms with E-state index in [1.165, 1.54) is 6.07 Å². The summed E-state index contributed by atoms with van der Waals surface area (Å²) in [6.07, 6.45) is 3.23. The van der Waals surface area contributed by atoms with E-state index in [-0.39, 0.29) is 29.1 Å². The summed E-state index contributed by atoms with van der Waals surface area (Å²) in [5.41, 5.74) is 3.98. The lowest BCUT2D eigenvalue weighted by atomic mass is 9.58. The first-order valence-electron chi connectivity index (χ1n) is 12.2. The van der Waals surface area contributed by atoms with E-state index >= 15 is 0 Å². The van der Waals surface area contributed by atoms with Crippen molar-refractivity contribution in [3.63, 3.8) is 0 Å². The number of aromatic nitrogens is 4. The van der Waals surface area contributed by atoms with Gasteiger partial charge in [-0.1, -0.05) is 37.2 Å². The summed E-state index contributed by atoms with van der Waals surface area (Å²) in [6.45, 7) is 13.4. The van der Waals surface area contributed by atoms with Crippen LogP contribution < -0.4 is 0 Å². The Morgan fingerprint density at radius 2 is 1.95 bits per heavy atom. The number of fused-ring (bicyclic) bond motifs is 3. The minimum Gasteiger partial charge on any atom is -0.339 e. The molecule has 4 aromatic rings. The highest BCUT2D eigenvalue weighted by Crippen LogP contribution is 2.52. The van der Waals surface area contributed by atoms with Gasteiger partial charge in [0.15, 0.2) is 5.78 Å². The Morgan fingerprint density at radius 3 is 2.62 bits per heavy atom. The molecule has 0 radical (unpaired) electrons. The fourth-order valence-electron chi connectivity index (χ4n) is 6.04. The van der Waals surface area contributed by atoms with Crippen LogP contribution in [0.1, 0.15) is 37.4 Å². The molecule has 2 aliphatic carbocycles. The molecule has 2 aromatic heterocycles. The Hall–Kier alpha value is -4.38. The minimum atomic E-state index is -0.624. The Labute approximate surface area is 213 Å². The van der Waals surface area contributed by atoms with Crippen molar-refractivity contribution in [3.8, 4) is 28.3 Å². The second-order valence-corrected chi connectivity index (χ2v) is 9.97. The third-order valence-corrected chi connectivity index (χ3v) is 7.82. The molecular weight excluding hydrogens is 469 g/mol. The average Bonchev–Trinajstić information content (AvgIpc) is 3.51. The SMILES string of the molecule is [C-]#[N+]C1=C[C@@]2(C)c3c(c(-c4ccccc4F)nn3-c3ccc(-c4noc(C)n4)cc3)CC[C@@H]2[C@@H](C)C1=O. The molecule has 0 amide bonds. The molecule has 0 fully saturated rings. The molecule has 0 unspecified atom stereocenters. The lowest BCUT2D eigenvalue weighted by Crippen LogP contribution is -2.46. The molecular formula is C29H24FN5O2. The summed E-state index contributed by atoms with van der Waals surface area (Å²) >= 11 is 0. The van der Waals surface area contributed by atoms with E-state index in [1.54, 1.807) is 25.1 Å². The maximum Gasteiger partial charge on any atom is 0.226 e. The van der Waals surface area contributed by atoms with Crippen molar-refractivity contribution in [2.45, 2.75) is 39.0 Å². The van der Waals surface area contributed by atoms with Gasteiger partial charge in [0.25, 0.3) is 0 Å². The topological polar surface area (TPSA) is 78.2 Å². The Morgan fingerprint density at radius 1 is 1.19 bits per heavy atom. The maximum atomic E-state index is 15.0. The average molecular weight is 494 g/mol. The predicted molar refractivity (Wildman–Crippen MR) is 135 cm³/mol. The maximum absolute atomic E-state index is 15.0. The Balaban J connectivity index is 1.59. The monoisotopic (exact) mass is 493 g/mol. The number of Topliss-reactive ketones (excluding diaryl/α,β-unsaturated/α-hetero) is 1. The fraction of sp³-hybridized carbons (Fsp3) is 0.276. The first kappa shape index (κ1) is 23.0. The highest BCUT2D eigenvalue weighted by molar-refractivity contribution is 6.00. The smallest absolute Gasteiger partial charge is 0.226 e. The highest BCUT2D eigenvalue weighted by atomic mass is 19.1. The van der Waals surface area contributed by atoms with Crippen LogP contribution in [0, 0.1) is 31.1 Å². The summed E-state index contributed by atoms with van der Waals surface area (Å²) in [5.74, 6) is 0.238. The second kappa shape index (κ2) is 8.34. The van der Waals surface area contributed by atoms with Crippen molar-refractivity contribution in [2.75, 3.05) is 0 Å². The number of ketones is 1.